The maximum Gasteiger partial charge on any atom is 0.230 e. The molecule has 0 fully saturated rings. The summed E-state index contributed by atoms with van der Waals surface area (Å²) in [6.45, 7) is 2.07. The first-order valence-electron chi connectivity index (χ1n) is 9.40. The van der Waals surface area contributed by atoms with Crippen LogP contribution in [-0.4, -0.2) is 15.0 Å². The standard InChI is InChI=1S/C24H22N4/c1-18-9-8-14-21(15-18)25-24-27-22(16-19-10-4-2-5-11-19)26-23(28-24)17-20-12-6-3-7-13-20/h2-15H,16-17H2,1H3,(H,25,26,27,28). The van der Waals surface area contributed by atoms with Crippen molar-refractivity contribution in [2.24, 2.45) is 0 Å². The van der Waals surface area contributed by atoms with Crippen molar-refractivity contribution in [1.82, 2.24) is 15.0 Å². The maximum absolute atomic E-state index is 4.72. The van der Waals surface area contributed by atoms with Crippen molar-refractivity contribution < 1.29 is 0 Å². The number of aryl methyl sites for hydroxylation is 1. The van der Waals surface area contributed by atoms with Crippen molar-refractivity contribution in [2.75, 3.05) is 5.32 Å². The Hall–Kier alpha value is -3.53. The summed E-state index contributed by atoms with van der Waals surface area (Å²) < 4.78 is 0. The van der Waals surface area contributed by atoms with E-state index >= 15 is 0 Å². The van der Waals surface area contributed by atoms with Crippen LogP contribution in [0.2, 0.25) is 0 Å². The van der Waals surface area contributed by atoms with Crippen LogP contribution in [0.15, 0.2) is 84.9 Å². The van der Waals surface area contributed by atoms with E-state index in [1.54, 1.807) is 0 Å². The Balaban J connectivity index is 1.65. The van der Waals surface area contributed by atoms with Gasteiger partial charge >= 0.3 is 0 Å². The second-order valence-electron chi connectivity index (χ2n) is 6.81. The molecule has 4 nitrogen and oxygen atoms in total. The van der Waals surface area contributed by atoms with Crippen LogP contribution < -0.4 is 5.32 Å². The number of nitrogens with zero attached hydrogens (tertiary/aromatic N) is 3. The number of rotatable bonds is 6. The van der Waals surface area contributed by atoms with Crippen molar-refractivity contribution in [2.45, 2.75) is 19.8 Å². The van der Waals surface area contributed by atoms with Crippen LogP contribution >= 0.6 is 0 Å². The number of nitrogens with one attached hydrogen (secondary N) is 1. The fraction of sp³-hybridized carbons (Fsp3) is 0.125. The molecule has 0 saturated heterocycles. The highest BCUT2D eigenvalue weighted by Gasteiger charge is 2.09. The summed E-state index contributed by atoms with van der Waals surface area (Å²) in [4.78, 5) is 14.0. The predicted octanol–water partition coefficient (Wildman–Crippen LogP) is 5.11. The van der Waals surface area contributed by atoms with Gasteiger partial charge in [0.15, 0.2) is 0 Å². The lowest BCUT2D eigenvalue weighted by Gasteiger charge is -2.10. The molecule has 0 spiro atoms. The monoisotopic (exact) mass is 366 g/mol. The highest BCUT2D eigenvalue weighted by Crippen LogP contribution is 2.17. The molecule has 0 radical (unpaired) electrons. The molecule has 0 aliphatic heterocycles. The SMILES string of the molecule is Cc1cccc(Nc2nc(Cc3ccccc3)nc(Cc3ccccc3)n2)c1. The average molecular weight is 366 g/mol. The van der Waals surface area contributed by atoms with Crippen LogP contribution in [0.4, 0.5) is 11.6 Å². The molecule has 4 aromatic rings. The normalized spacial score (nSPS) is 10.6. The first-order valence-corrected chi connectivity index (χ1v) is 9.40. The topological polar surface area (TPSA) is 50.7 Å². The minimum atomic E-state index is 0.581. The Morgan fingerprint density at radius 3 is 1.75 bits per heavy atom. The summed E-state index contributed by atoms with van der Waals surface area (Å²) in [6, 6.07) is 28.7. The van der Waals surface area contributed by atoms with Crippen LogP contribution in [0.25, 0.3) is 0 Å². The molecule has 0 amide bonds. The molecule has 4 heteroatoms. The fourth-order valence-corrected chi connectivity index (χ4v) is 3.09. The first kappa shape index (κ1) is 17.9. The van der Waals surface area contributed by atoms with Gasteiger partial charge in [-0.2, -0.15) is 9.97 Å². The van der Waals surface area contributed by atoms with Crippen LogP contribution in [-0.2, 0) is 12.8 Å². The van der Waals surface area contributed by atoms with E-state index in [-0.39, 0.29) is 0 Å². The molecule has 0 saturated carbocycles. The van der Waals surface area contributed by atoms with E-state index in [9.17, 15) is 0 Å². The number of hydrogen-bond donors (Lipinski definition) is 1. The second-order valence-corrected chi connectivity index (χ2v) is 6.81. The average Bonchev–Trinajstić information content (AvgIpc) is 2.69. The molecule has 1 aromatic heterocycles. The molecule has 3 aromatic carbocycles. The number of hydrogen-bond acceptors (Lipinski definition) is 4. The summed E-state index contributed by atoms with van der Waals surface area (Å²) in [5.41, 5.74) is 4.53. The molecule has 4 rings (SSSR count). The van der Waals surface area contributed by atoms with Crippen LogP contribution in [0.1, 0.15) is 28.3 Å². The zero-order chi connectivity index (χ0) is 19.2. The molecule has 0 unspecified atom stereocenters. The zero-order valence-electron chi connectivity index (χ0n) is 15.8. The third-order valence-corrected chi connectivity index (χ3v) is 4.41. The molecule has 0 bridgehead atoms. The van der Waals surface area contributed by atoms with Gasteiger partial charge in [-0.3, -0.25) is 0 Å². The molecule has 138 valence electrons. The van der Waals surface area contributed by atoms with Crippen LogP contribution in [0.5, 0.6) is 0 Å². The van der Waals surface area contributed by atoms with Crippen molar-refractivity contribution in [3.63, 3.8) is 0 Å². The van der Waals surface area contributed by atoms with Crippen molar-refractivity contribution >= 4 is 11.6 Å². The number of anilines is 2. The van der Waals surface area contributed by atoms with E-state index in [2.05, 4.69) is 58.6 Å². The molecule has 0 aliphatic rings. The number of benzene rings is 3. The largest absolute Gasteiger partial charge is 0.324 e. The predicted molar refractivity (Wildman–Crippen MR) is 113 cm³/mol. The van der Waals surface area contributed by atoms with Gasteiger partial charge in [-0.15, -0.1) is 0 Å². The number of aromatic nitrogens is 3. The lowest BCUT2D eigenvalue weighted by molar-refractivity contribution is 0.856. The Bertz CT molecular complexity index is 987. The molecule has 1 N–H and O–H groups in total. The fourth-order valence-electron chi connectivity index (χ4n) is 3.09. The summed E-state index contributed by atoms with van der Waals surface area (Å²) in [5.74, 6) is 2.11. The van der Waals surface area contributed by atoms with Gasteiger partial charge in [-0.25, -0.2) is 4.98 Å². The highest BCUT2D eigenvalue weighted by molar-refractivity contribution is 5.54. The highest BCUT2D eigenvalue weighted by atomic mass is 15.2. The molecular weight excluding hydrogens is 344 g/mol. The van der Waals surface area contributed by atoms with Gasteiger partial charge in [0.2, 0.25) is 5.95 Å². The zero-order valence-corrected chi connectivity index (χ0v) is 15.8. The van der Waals surface area contributed by atoms with Crippen LogP contribution in [0.3, 0.4) is 0 Å². The van der Waals surface area contributed by atoms with E-state index in [1.165, 1.54) is 16.7 Å². The Labute approximate surface area is 165 Å². The Morgan fingerprint density at radius 1 is 0.643 bits per heavy atom. The van der Waals surface area contributed by atoms with E-state index in [4.69, 9.17) is 4.98 Å². The van der Waals surface area contributed by atoms with Gasteiger partial charge in [0, 0.05) is 18.5 Å². The molecule has 0 atom stereocenters. The van der Waals surface area contributed by atoms with E-state index in [1.807, 2.05) is 48.5 Å². The smallest absolute Gasteiger partial charge is 0.230 e. The maximum atomic E-state index is 4.72. The molecule has 0 aliphatic carbocycles. The first-order chi connectivity index (χ1) is 13.7. The van der Waals surface area contributed by atoms with Gasteiger partial charge in [-0.1, -0.05) is 72.8 Å². The second kappa shape index (κ2) is 8.44. The minimum Gasteiger partial charge on any atom is -0.324 e. The minimum absolute atomic E-state index is 0.581. The van der Waals surface area contributed by atoms with Crippen molar-refractivity contribution in [3.8, 4) is 0 Å². The Morgan fingerprint density at radius 2 is 1.21 bits per heavy atom. The summed E-state index contributed by atoms with van der Waals surface area (Å²) >= 11 is 0. The Kier molecular flexibility index (Phi) is 5.38. The van der Waals surface area contributed by atoms with Gasteiger partial charge in [0.25, 0.3) is 0 Å². The van der Waals surface area contributed by atoms with E-state index in [0.717, 1.165) is 17.3 Å². The molecule has 1 heterocycles. The lowest BCUT2D eigenvalue weighted by Crippen LogP contribution is -2.09. The van der Waals surface area contributed by atoms with Gasteiger partial charge in [0.1, 0.15) is 11.6 Å². The lowest BCUT2D eigenvalue weighted by atomic mass is 10.1. The van der Waals surface area contributed by atoms with Crippen molar-refractivity contribution in [3.05, 3.63) is 113 Å². The quantitative estimate of drug-likeness (QED) is 0.515. The summed E-state index contributed by atoms with van der Waals surface area (Å²) in [5, 5.41) is 3.33. The summed E-state index contributed by atoms with van der Waals surface area (Å²) in [7, 11) is 0. The summed E-state index contributed by atoms with van der Waals surface area (Å²) in [6.07, 6.45) is 1.35. The van der Waals surface area contributed by atoms with Gasteiger partial charge in [-0.05, 0) is 35.7 Å². The molecule has 28 heavy (non-hydrogen) atoms. The van der Waals surface area contributed by atoms with Crippen LogP contribution in [0, 0.1) is 6.92 Å². The van der Waals surface area contributed by atoms with E-state index in [0.29, 0.717) is 18.8 Å². The van der Waals surface area contributed by atoms with E-state index < -0.39 is 0 Å². The third kappa shape index (κ3) is 4.80. The van der Waals surface area contributed by atoms with Gasteiger partial charge < -0.3 is 5.32 Å². The third-order valence-electron chi connectivity index (χ3n) is 4.41. The van der Waals surface area contributed by atoms with Crippen molar-refractivity contribution in [1.29, 1.82) is 0 Å². The van der Waals surface area contributed by atoms with Gasteiger partial charge in [0.05, 0.1) is 0 Å². The molecular formula is C24H22N4.